The van der Waals surface area contributed by atoms with E-state index in [-0.39, 0.29) is 0 Å². The van der Waals surface area contributed by atoms with E-state index in [9.17, 15) is 0 Å². The summed E-state index contributed by atoms with van der Waals surface area (Å²) in [6.45, 7) is 5.50. The van der Waals surface area contributed by atoms with Crippen LogP contribution in [0.5, 0.6) is 0 Å². The van der Waals surface area contributed by atoms with Gasteiger partial charge in [0, 0.05) is 49.6 Å². The van der Waals surface area contributed by atoms with E-state index >= 15 is 0 Å². The molecule has 4 rings (SSSR count). The number of hydrogen-bond donors (Lipinski definition) is 0. The van der Waals surface area contributed by atoms with Crippen molar-refractivity contribution in [3.05, 3.63) is 42.6 Å². The second kappa shape index (κ2) is 5.72. The van der Waals surface area contributed by atoms with Crippen molar-refractivity contribution in [2.45, 2.75) is 25.8 Å². The largest absolute Gasteiger partial charge is 0.472 e. The standard InChI is InChI=1S/C17H22N4O/c1-4-17(14-21(8-1)16-18-6-2-7-19-16)5-9-20(13-17)11-15-3-10-22-12-15/h2-3,6-7,10,12H,1,4-5,8-9,11,13-14H2/t17-/m0/s1. The summed E-state index contributed by atoms with van der Waals surface area (Å²) in [5, 5.41) is 0. The SMILES string of the molecule is c1cnc(N2CCC[C@@]3(CCN(Cc4ccoc4)C3)C2)nc1. The maximum absolute atomic E-state index is 5.19. The lowest BCUT2D eigenvalue weighted by Gasteiger charge is -2.40. The molecule has 1 spiro atoms. The van der Waals surface area contributed by atoms with E-state index in [1.165, 1.54) is 37.9 Å². The van der Waals surface area contributed by atoms with Gasteiger partial charge in [-0.1, -0.05) is 0 Å². The maximum Gasteiger partial charge on any atom is 0.225 e. The number of furan rings is 1. The molecule has 2 aliphatic rings. The highest BCUT2D eigenvalue weighted by Gasteiger charge is 2.41. The summed E-state index contributed by atoms with van der Waals surface area (Å²) in [5.74, 6) is 0.884. The van der Waals surface area contributed by atoms with E-state index in [2.05, 4.69) is 25.8 Å². The Hall–Kier alpha value is -1.88. The van der Waals surface area contributed by atoms with Crippen LogP contribution >= 0.6 is 0 Å². The minimum atomic E-state index is 0.404. The third kappa shape index (κ3) is 2.73. The Morgan fingerprint density at radius 2 is 2.05 bits per heavy atom. The van der Waals surface area contributed by atoms with Crippen molar-refractivity contribution < 1.29 is 4.42 Å². The molecule has 116 valence electrons. The molecule has 0 amide bonds. The average Bonchev–Trinajstić information content (AvgIpc) is 3.20. The van der Waals surface area contributed by atoms with Crippen LogP contribution in [0, 0.1) is 5.41 Å². The molecule has 2 aromatic rings. The van der Waals surface area contributed by atoms with Crippen LogP contribution in [-0.4, -0.2) is 41.0 Å². The molecule has 0 aromatic carbocycles. The number of piperidine rings is 1. The molecule has 0 radical (unpaired) electrons. The summed E-state index contributed by atoms with van der Waals surface area (Å²) >= 11 is 0. The number of rotatable bonds is 3. The monoisotopic (exact) mass is 298 g/mol. The van der Waals surface area contributed by atoms with Gasteiger partial charge < -0.3 is 9.32 Å². The fourth-order valence-electron chi connectivity index (χ4n) is 3.97. The van der Waals surface area contributed by atoms with Gasteiger partial charge in [-0.2, -0.15) is 0 Å². The zero-order chi connectivity index (χ0) is 14.8. The van der Waals surface area contributed by atoms with Crippen LogP contribution in [-0.2, 0) is 6.54 Å². The van der Waals surface area contributed by atoms with Gasteiger partial charge in [0.2, 0.25) is 5.95 Å². The lowest BCUT2D eigenvalue weighted by atomic mass is 9.79. The van der Waals surface area contributed by atoms with Crippen molar-refractivity contribution in [3.63, 3.8) is 0 Å². The third-order valence-electron chi connectivity index (χ3n) is 5.00. The van der Waals surface area contributed by atoms with Crippen molar-refractivity contribution in [2.75, 3.05) is 31.1 Å². The first kappa shape index (κ1) is 13.8. The zero-order valence-electron chi connectivity index (χ0n) is 12.8. The number of aromatic nitrogens is 2. The predicted octanol–water partition coefficient (Wildman–Crippen LogP) is 2.56. The first-order valence-electron chi connectivity index (χ1n) is 8.08. The molecule has 0 N–H and O–H groups in total. The molecule has 0 bridgehead atoms. The molecule has 0 unspecified atom stereocenters. The predicted molar refractivity (Wildman–Crippen MR) is 84.5 cm³/mol. The summed E-state index contributed by atoms with van der Waals surface area (Å²) in [6, 6.07) is 3.95. The Kier molecular flexibility index (Phi) is 3.58. The van der Waals surface area contributed by atoms with Gasteiger partial charge in [0.15, 0.2) is 0 Å². The molecule has 5 nitrogen and oxygen atoms in total. The van der Waals surface area contributed by atoms with E-state index in [4.69, 9.17) is 4.42 Å². The van der Waals surface area contributed by atoms with Crippen molar-refractivity contribution >= 4 is 5.95 Å². The molecular weight excluding hydrogens is 276 g/mol. The fraction of sp³-hybridized carbons (Fsp3) is 0.529. The highest BCUT2D eigenvalue weighted by atomic mass is 16.3. The molecule has 0 aliphatic carbocycles. The number of hydrogen-bond acceptors (Lipinski definition) is 5. The molecule has 2 fully saturated rings. The Labute approximate surface area is 131 Å². The van der Waals surface area contributed by atoms with Crippen molar-refractivity contribution in [1.29, 1.82) is 0 Å². The maximum atomic E-state index is 5.19. The minimum Gasteiger partial charge on any atom is -0.472 e. The van der Waals surface area contributed by atoms with E-state index in [0.717, 1.165) is 25.6 Å². The summed E-state index contributed by atoms with van der Waals surface area (Å²) in [4.78, 5) is 13.8. The Balaban J connectivity index is 1.43. The van der Waals surface area contributed by atoms with Crippen LogP contribution in [0.25, 0.3) is 0 Å². The van der Waals surface area contributed by atoms with Crippen LogP contribution in [0.1, 0.15) is 24.8 Å². The van der Waals surface area contributed by atoms with Gasteiger partial charge in [0.1, 0.15) is 0 Å². The topological polar surface area (TPSA) is 45.4 Å². The van der Waals surface area contributed by atoms with Gasteiger partial charge in [0.25, 0.3) is 0 Å². The highest BCUT2D eigenvalue weighted by Crippen LogP contribution is 2.40. The lowest BCUT2D eigenvalue weighted by molar-refractivity contribution is 0.215. The van der Waals surface area contributed by atoms with Gasteiger partial charge in [-0.25, -0.2) is 9.97 Å². The molecule has 4 heterocycles. The average molecular weight is 298 g/mol. The molecule has 2 aromatic heterocycles. The van der Waals surface area contributed by atoms with Crippen molar-refractivity contribution in [3.8, 4) is 0 Å². The van der Waals surface area contributed by atoms with E-state index < -0.39 is 0 Å². The van der Waals surface area contributed by atoms with Crippen LogP contribution in [0.15, 0.2) is 41.5 Å². The Bertz CT molecular complexity index is 600. The molecule has 1 atom stereocenters. The van der Waals surface area contributed by atoms with Gasteiger partial charge in [-0.15, -0.1) is 0 Å². The molecule has 22 heavy (non-hydrogen) atoms. The van der Waals surface area contributed by atoms with Gasteiger partial charge in [-0.05, 0) is 37.9 Å². The smallest absolute Gasteiger partial charge is 0.225 e. The summed E-state index contributed by atoms with van der Waals surface area (Å²) < 4.78 is 5.19. The first-order chi connectivity index (χ1) is 10.8. The normalized spacial score (nSPS) is 25.9. The summed E-state index contributed by atoms with van der Waals surface area (Å²) in [5.41, 5.74) is 1.68. The first-order valence-corrected chi connectivity index (χ1v) is 8.08. The second-order valence-corrected chi connectivity index (χ2v) is 6.67. The zero-order valence-corrected chi connectivity index (χ0v) is 12.8. The fourth-order valence-corrected chi connectivity index (χ4v) is 3.97. The van der Waals surface area contributed by atoms with E-state index in [0.29, 0.717) is 5.41 Å². The van der Waals surface area contributed by atoms with Crippen LogP contribution in [0.4, 0.5) is 5.95 Å². The quantitative estimate of drug-likeness (QED) is 0.871. The van der Waals surface area contributed by atoms with E-state index in [1.807, 2.05) is 24.7 Å². The molecule has 5 heteroatoms. The number of nitrogens with zero attached hydrogens (tertiary/aromatic N) is 4. The Morgan fingerprint density at radius 1 is 1.14 bits per heavy atom. The molecule has 2 saturated heterocycles. The minimum absolute atomic E-state index is 0.404. The van der Waals surface area contributed by atoms with E-state index in [1.54, 1.807) is 6.26 Å². The Morgan fingerprint density at radius 3 is 2.86 bits per heavy atom. The van der Waals surface area contributed by atoms with Gasteiger partial charge in [-0.3, -0.25) is 4.90 Å². The second-order valence-electron chi connectivity index (χ2n) is 6.67. The van der Waals surface area contributed by atoms with Crippen LogP contribution in [0.3, 0.4) is 0 Å². The number of likely N-dealkylation sites (tertiary alicyclic amines) is 1. The highest BCUT2D eigenvalue weighted by molar-refractivity contribution is 5.30. The molecule has 0 saturated carbocycles. The van der Waals surface area contributed by atoms with Gasteiger partial charge in [0.05, 0.1) is 12.5 Å². The third-order valence-corrected chi connectivity index (χ3v) is 5.00. The number of anilines is 1. The summed E-state index contributed by atoms with van der Waals surface area (Å²) in [7, 11) is 0. The van der Waals surface area contributed by atoms with Crippen LogP contribution in [0.2, 0.25) is 0 Å². The molecular formula is C17H22N4O. The van der Waals surface area contributed by atoms with Crippen molar-refractivity contribution in [2.24, 2.45) is 5.41 Å². The van der Waals surface area contributed by atoms with Gasteiger partial charge >= 0.3 is 0 Å². The summed E-state index contributed by atoms with van der Waals surface area (Å²) in [6.07, 6.45) is 11.1. The van der Waals surface area contributed by atoms with Crippen molar-refractivity contribution in [1.82, 2.24) is 14.9 Å². The van der Waals surface area contributed by atoms with Crippen LogP contribution < -0.4 is 4.90 Å². The lowest BCUT2D eigenvalue weighted by Crippen LogP contribution is -2.45. The molecule has 2 aliphatic heterocycles.